The molecule has 0 saturated carbocycles. The number of hydrogen-bond donors (Lipinski definition) is 1. The lowest BCUT2D eigenvalue weighted by Crippen LogP contribution is -2.31. The van der Waals surface area contributed by atoms with Crippen molar-refractivity contribution in [3.63, 3.8) is 0 Å². The molecule has 1 amide bonds. The zero-order valence-electron chi connectivity index (χ0n) is 16.2. The van der Waals surface area contributed by atoms with Gasteiger partial charge in [0.05, 0.1) is 0 Å². The van der Waals surface area contributed by atoms with E-state index in [0.717, 1.165) is 11.3 Å². The molecule has 0 spiro atoms. The Morgan fingerprint density at radius 1 is 1.07 bits per heavy atom. The zero-order valence-corrected chi connectivity index (χ0v) is 17.0. The Kier molecular flexibility index (Phi) is 6.66. The summed E-state index contributed by atoms with van der Waals surface area (Å²) in [5.41, 5.74) is 1.80. The number of nitrogens with zero attached hydrogens (tertiary/aromatic N) is 2. The van der Waals surface area contributed by atoms with Crippen LogP contribution in [0, 0.1) is 6.92 Å². The van der Waals surface area contributed by atoms with Crippen LogP contribution in [0.5, 0.6) is 11.6 Å². The number of aryl methyl sites for hydroxylation is 1. The minimum absolute atomic E-state index is 0.0870. The van der Waals surface area contributed by atoms with Crippen molar-refractivity contribution >= 4 is 17.7 Å². The van der Waals surface area contributed by atoms with Crippen molar-refractivity contribution in [1.29, 1.82) is 0 Å². The Balaban J connectivity index is 1.71. The second-order valence-electron chi connectivity index (χ2n) is 6.49. The maximum Gasteiger partial charge on any atom is 0.252 e. The predicted octanol–water partition coefficient (Wildman–Crippen LogP) is 5.26. The molecule has 1 N–H and O–H groups in total. The zero-order chi connectivity index (χ0) is 19.9. The van der Waals surface area contributed by atoms with Gasteiger partial charge in [-0.25, -0.2) is 9.97 Å². The molecule has 0 saturated heterocycles. The first-order valence-corrected chi connectivity index (χ1v) is 10.0. The van der Waals surface area contributed by atoms with E-state index in [1.165, 1.54) is 17.3 Å². The van der Waals surface area contributed by atoms with Crippen LogP contribution in [-0.4, -0.2) is 21.9 Å². The Morgan fingerprint density at radius 2 is 1.75 bits per heavy atom. The fourth-order valence-corrected chi connectivity index (χ4v) is 3.16. The highest BCUT2D eigenvalue weighted by molar-refractivity contribution is 7.99. The molecule has 1 aromatic heterocycles. The molecule has 0 bridgehead atoms. The normalized spacial score (nSPS) is 11.7. The highest BCUT2D eigenvalue weighted by atomic mass is 32.2. The number of carbonyl (C=O) groups excluding carboxylic acids is 1. The average molecular weight is 394 g/mol. The van der Waals surface area contributed by atoms with E-state index in [1.807, 2.05) is 26.0 Å². The van der Waals surface area contributed by atoms with E-state index in [-0.39, 0.29) is 11.9 Å². The van der Waals surface area contributed by atoms with Crippen molar-refractivity contribution in [3.8, 4) is 11.6 Å². The summed E-state index contributed by atoms with van der Waals surface area (Å²) in [5, 5.41) is 3.64. The predicted molar refractivity (Wildman–Crippen MR) is 111 cm³/mol. The van der Waals surface area contributed by atoms with Gasteiger partial charge in [0, 0.05) is 28.9 Å². The number of amides is 1. The van der Waals surface area contributed by atoms with Gasteiger partial charge in [-0.2, -0.15) is 0 Å². The minimum atomic E-state index is -0.0870. The van der Waals surface area contributed by atoms with E-state index in [1.54, 1.807) is 36.7 Å². The molecule has 0 aliphatic rings. The number of nitrogens with one attached hydrogen (secondary N) is 1. The van der Waals surface area contributed by atoms with Crippen molar-refractivity contribution in [2.45, 2.75) is 43.2 Å². The summed E-state index contributed by atoms with van der Waals surface area (Å²) in [5.74, 6) is 0.951. The first kappa shape index (κ1) is 19.9. The molecule has 0 radical (unpaired) electrons. The summed E-state index contributed by atoms with van der Waals surface area (Å²) in [6.07, 6.45) is 4.13. The topological polar surface area (TPSA) is 64.1 Å². The third-order valence-corrected chi connectivity index (χ3v) is 5.17. The van der Waals surface area contributed by atoms with Gasteiger partial charge in [0.1, 0.15) is 5.75 Å². The number of rotatable bonds is 7. The van der Waals surface area contributed by atoms with Gasteiger partial charge in [0.2, 0.25) is 0 Å². The van der Waals surface area contributed by atoms with E-state index in [0.29, 0.717) is 22.2 Å². The minimum Gasteiger partial charge on any atom is -0.437 e. The summed E-state index contributed by atoms with van der Waals surface area (Å²) >= 11 is 1.50. The van der Waals surface area contributed by atoms with Crippen LogP contribution in [0.2, 0.25) is 0 Å². The Hall–Kier alpha value is -2.86. The molecule has 28 heavy (non-hydrogen) atoms. The fraction of sp³-hybridized carbons (Fsp3) is 0.227. The molecule has 144 valence electrons. The smallest absolute Gasteiger partial charge is 0.252 e. The largest absolute Gasteiger partial charge is 0.437 e. The number of benzene rings is 2. The van der Waals surface area contributed by atoms with Gasteiger partial charge in [-0.1, -0.05) is 36.4 Å². The van der Waals surface area contributed by atoms with E-state index >= 15 is 0 Å². The summed E-state index contributed by atoms with van der Waals surface area (Å²) < 4.78 is 5.92. The highest BCUT2D eigenvalue weighted by Crippen LogP contribution is 2.33. The van der Waals surface area contributed by atoms with E-state index in [4.69, 9.17) is 4.74 Å². The van der Waals surface area contributed by atoms with Crippen molar-refractivity contribution in [3.05, 3.63) is 72.1 Å². The van der Waals surface area contributed by atoms with Gasteiger partial charge in [-0.05, 0) is 56.7 Å². The van der Waals surface area contributed by atoms with Gasteiger partial charge >= 0.3 is 0 Å². The van der Waals surface area contributed by atoms with Crippen molar-refractivity contribution in [1.82, 2.24) is 15.3 Å². The van der Waals surface area contributed by atoms with E-state index < -0.39 is 0 Å². The number of carbonyl (C=O) groups is 1. The van der Waals surface area contributed by atoms with Crippen LogP contribution in [0.4, 0.5) is 0 Å². The highest BCUT2D eigenvalue weighted by Gasteiger charge is 2.12. The third-order valence-electron chi connectivity index (χ3n) is 4.19. The van der Waals surface area contributed by atoms with Crippen LogP contribution < -0.4 is 10.1 Å². The molecule has 3 rings (SSSR count). The van der Waals surface area contributed by atoms with E-state index in [9.17, 15) is 4.79 Å². The second kappa shape index (κ2) is 9.37. The van der Waals surface area contributed by atoms with E-state index in [2.05, 4.69) is 34.3 Å². The number of hydrogen-bond acceptors (Lipinski definition) is 5. The molecule has 5 nitrogen and oxygen atoms in total. The quantitative estimate of drug-likeness (QED) is 0.593. The lowest BCUT2D eigenvalue weighted by molar-refractivity contribution is 0.0939. The molecule has 0 aliphatic carbocycles. The van der Waals surface area contributed by atoms with Gasteiger partial charge in [-0.15, -0.1) is 0 Å². The first-order chi connectivity index (χ1) is 13.5. The Bertz CT molecular complexity index is 927. The molecule has 0 aliphatic heterocycles. The van der Waals surface area contributed by atoms with Crippen LogP contribution in [-0.2, 0) is 0 Å². The summed E-state index contributed by atoms with van der Waals surface area (Å²) in [4.78, 5) is 22.0. The van der Waals surface area contributed by atoms with Crippen LogP contribution in [0.15, 0.2) is 70.8 Å². The maximum atomic E-state index is 12.2. The Labute approximate surface area is 169 Å². The molecule has 1 atom stereocenters. The molecule has 2 aromatic carbocycles. The molecule has 0 fully saturated rings. The lowest BCUT2D eigenvalue weighted by atomic mass is 10.2. The van der Waals surface area contributed by atoms with Gasteiger partial charge < -0.3 is 10.1 Å². The van der Waals surface area contributed by atoms with Crippen LogP contribution >= 0.6 is 11.8 Å². The third kappa shape index (κ3) is 5.33. The fourth-order valence-electron chi connectivity index (χ4n) is 2.37. The first-order valence-electron chi connectivity index (χ1n) is 9.19. The molecule has 0 unspecified atom stereocenters. The van der Waals surface area contributed by atoms with Crippen LogP contribution in [0.3, 0.4) is 0 Å². The summed E-state index contributed by atoms with van der Waals surface area (Å²) in [7, 11) is 0. The standard InChI is InChI=1S/C22H23N3O2S/c1-4-16(3)25-20(26)17-7-9-18(10-8-17)27-21-22(24-14-13-23-21)28-19-11-5-15(2)6-12-19/h5-14,16H,4H2,1-3H3,(H,25,26)/t16-/m1/s1. The summed E-state index contributed by atoms with van der Waals surface area (Å²) in [6.45, 7) is 6.07. The van der Waals surface area contributed by atoms with Crippen molar-refractivity contribution in [2.75, 3.05) is 0 Å². The lowest BCUT2D eigenvalue weighted by Gasteiger charge is -2.12. The van der Waals surface area contributed by atoms with Crippen molar-refractivity contribution < 1.29 is 9.53 Å². The van der Waals surface area contributed by atoms with Gasteiger partial charge in [-0.3, -0.25) is 4.79 Å². The van der Waals surface area contributed by atoms with Crippen LogP contribution in [0.25, 0.3) is 0 Å². The molecule has 6 heteroatoms. The monoisotopic (exact) mass is 393 g/mol. The Morgan fingerprint density at radius 3 is 2.43 bits per heavy atom. The number of ether oxygens (including phenoxy) is 1. The second-order valence-corrected chi connectivity index (χ2v) is 7.55. The summed E-state index contributed by atoms with van der Waals surface area (Å²) in [6, 6.07) is 15.4. The maximum absolute atomic E-state index is 12.2. The number of aromatic nitrogens is 2. The average Bonchev–Trinajstić information content (AvgIpc) is 2.71. The van der Waals surface area contributed by atoms with Gasteiger partial charge in [0.15, 0.2) is 5.03 Å². The molecular weight excluding hydrogens is 370 g/mol. The molecular formula is C22H23N3O2S. The molecule has 3 aromatic rings. The van der Waals surface area contributed by atoms with Gasteiger partial charge in [0.25, 0.3) is 11.8 Å². The molecule has 1 heterocycles. The van der Waals surface area contributed by atoms with Crippen LogP contribution in [0.1, 0.15) is 36.2 Å². The van der Waals surface area contributed by atoms with Crippen molar-refractivity contribution in [2.24, 2.45) is 0 Å². The SMILES string of the molecule is CC[C@@H](C)NC(=O)c1ccc(Oc2nccnc2Sc2ccc(C)cc2)cc1.